The first-order valence-electron chi connectivity index (χ1n) is 6.65. The van der Waals surface area contributed by atoms with Gasteiger partial charge in [-0.25, -0.2) is 0 Å². The van der Waals surface area contributed by atoms with Gasteiger partial charge in [-0.15, -0.1) is 0 Å². The van der Waals surface area contributed by atoms with E-state index in [1.54, 1.807) is 0 Å². The highest BCUT2D eigenvalue weighted by atomic mass is 19.4. The lowest BCUT2D eigenvalue weighted by molar-refractivity contribution is -0.137. The average Bonchev–Trinajstić information content (AvgIpc) is 3.18. The fraction of sp³-hybridized carbons (Fsp3) is 0.500. The van der Waals surface area contributed by atoms with E-state index in [9.17, 15) is 18.0 Å². The molecule has 1 fully saturated rings. The molecule has 0 atom stereocenters. The lowest BCUT2D eigenvalue weighted by atomic mass is 10.2. The second-order valence-corrected chi connectivity index (χ2v) is 4.95. The van der Waals surface area contributed by atoms with Gasteiger partial charge < -0.3 is 10.6 Å². The van der Waals surface area contributed by atoms with Crippen LogP contribution >= 0.6 is 0 Å². The van der Waals surface area contributed by atoms with Gasteiger partial charge in [0.05, 0.1) is 5.56 Å². The maximum Gasteiger partial charge on any atom is 0.416 e. The topological polar surface area (TPSA) is 41.1 Å². The molecule has 3 nitrogen and oxygen atoms in total. The number of hydrogen-bond donors (Lipinski definition) is 2. The second-order valence-electron chi connectivity index (χ2n) is 4.95. The first kappa shape index (κ1) is 14.7. The van der Waals surface area contributed by atoms with Crippen molar-refractivity contribution in [3.05, 3.63) is 29.8 Å². The Balaban J connectivity index is 1.67. The average molecular weight is 286 g/mol. The quantitative estimate of drug-likeness (QED) is 0.789. The van der Waals surface area contributed by atoms with E-state index in [-0.39, 0.29) is 5.91 Å². The van der Waals surface area contributed by atoms with Crippen molar-refractivity contribution >= 4 is 11.6 Å². The van der Waals surface area contributed by atoms with Crippen LogP contribution in [0.4, 0.5) is 18.9 Å². The summed E-state index contributed by atoms with van der Waals surface area (Å²) in [4.78, 5) is 11.4. The van der Waals surface area contributed by atoms with Crippen molar-refractivity contribution in [1.29, 1.82) is 0 Å². The van der Waals surface area contributed by atoms with Gasteiger partial charge in [0.1, 0.15) is 0 Å². The van der Waals surface area contributed by atoms with E-state index in [4.69, 9.17) is 0 Å². The van der Waals surface area contributed by atoms with E-state index >= 15 is 0 Å². The van der Waals surface area contributed by atoms with Crippen molar-refractivity contribution in [2.45, 2.75) is 37.9 Å². The summed E-state index contributed by atoms with van der Waals surface area (Å²) in [7, 11) is 0. The number of anilines is 1. The van der Waals surface area contributed by atoms with Crippen molar-refractivity contribution in [3.8, 4) is 0 Å². The van der Waals surface area contributed by atoms with Crippen LogP contribution in [0.1, 0.15) is 31.2 Å². The zero-order chi connectivity index (χ0) is 14.6. The van der Waals surface area contributed by atoms with Crippen LogP contribution in [0.3, 0.4) is 0 Å². The Morgan fingerprint density at radius 2 is 1.85 bits per heavy atom. The van der Waals surface area contributed by atoms with Gasteiger partial charge in [0.2, 0.25) is 5.91 Å². The minimum absolute atomic E-state index is 0.0433. The Kier molecular flexibility index (Phi) is 4.52. The monoisotopic (exact) mass is 286 g/mol. The van der Waals surface area contributed by atoms with Crippen molar-refractivity contribution in [3.63, 3.8) is 0 Å². The molecule has 1 aliphatic carbocycles. The number of carbonyl (C=O) groups is 1. The van der Waals surface area contributed by atoms with Crippen LogP contribution in [0.15, 0.2) is 24.3 Å². The highest BCUT2D eigenvalue weighted by molar-refractivity contribution is 5.76. The number of hydrogen-bond acceptors (Lipinski definition) is 2. The third kappa shape index (κ3) is 4.75. The summed E-state index contributed by atoms with van der Waals surface area (Å²) in [5.74, 6) is 0.0433. The molecule has 0 heterocycles. The number of carbonyl (C=O) groups excluding carboxylic acids is 1. The first-order chi connectivity index (χ1) is 9.45. The molecule has 2 rings (SSSR count). The smallest absolute Gasteiger partial charge is 0.385 e. The van der Waals surface area contributed by atoms with Gasteiger partial charge >= 0.3 is 6.18 Å². The Labute approximate surface area is 115 Å². The normalized spacial score (nSPS) is 14.9. The molecule has 1 aliphatic rings. The zero-order valence-corrected chi connectivity index (χ0v) is 11.0. The predicted octanol–water partition coefficient (Wildman–Crippen LogP) is 3.18. The molecule has 6 heteroatoms. The number of halogens is 3. The molecule has 0 bridgehead atoms. The summed E-state index contributed by atoms with van der Waals surface area (Å²) < 4.78 is 37.1. The van der Waals surface area contributed by atoms with E-state index in [2.05, 4.69) is 10.6 Å². The first-order valence-corrected chi connectivity index (χ1v) is 6.65. The van der Waals surface area contributed by atoms with Crippen LogP contribution < -0.4 is 10.6 Å². The number of nitrogens with one attached hydrogen (secondary N) is 2. The third-order valence-corrected chi connectivity index (χ3v) is 3.06. The third-order valence-electron chi connectivity index (χ3n) is 3.06. The Morgan fingerprint density at radius 1 is 1.20 bits per heavy atom. The fourth-order valence-corrected chi connectivity index (χ4v) is 1.79. The minimum Gasteiger partial charge on any atom is -0.385 e. The molecular formula is C14H17F3N2O. The Bertz CT molecular complexity index is 452. The maximum atomic E-state index is 12.4. The molecule has 1 saturated carbocycles. The Hall–Kier alpha value is -1.72. The van der Waals surface area contributed by atoms with Gasteiger partial charge in [0, 0.05) is 24.7 Å². The van der Waals surface area contributed by atoms with Crippen LogP contribution in [0.2, 0.25) is 0 Å². The van der Waals surface area contributed by atoms with E-state index in [1.165, 1.54) is 12.1 Å². The second kappa shape index (κ2) is 6.15. The largest absolute Gasteiger partial charge is 0.416 e. The van der Waals surface area contributed by atoms with Gasteiger partial charge in [-0.05, 0) is 43.5 Å². The van der Waals surface area contributed by atoms with Crippen LogP contribution in [0, 0.1) is 0 Å². The van der Waals surface area contributed by atoms with Gasteiger partial charge in [-0.3, -0.25) is 4.79 Å². The lowest BCUT2D eigenvalue weighted by Gasteiger charge is -2.09. The van der Waals surface area contributed by atoms with Crippen molar-refractivity contribution < 1.29 is 18.0 Å². The van der Waals surface area contributed by atoms with E-state index in [0.29, 0.717) is 31.1 Å². The highest BCUT2D eigenvalue weighted by Gasteiger charge is 2.29. The molecule has 1 amide bonds. The molecule has 0 spiro atoms. The summed E-state index contributed by atoms with van der Waals surface area (Å²) in [5.41, 5.74) is -0.0348. The molecule has 0 unspecified atom stereocenters. The summed E-state index contributed by atoms with van der Waals surface area (Å²) >= 11 is 0. The van der Waals surface area contributed by atoms with Crippen LogP contribution in [-0.4, -0.2) is 18.5 Å². The van der Waals surface area contributed by atoms with Crippen LogP contribution in [0.25, 0.3) is 0 Å². The molecular weight excluding hydrogens is 269 g/mol. The highest BCUT2D eigenvalue weighted by Crippen LogP contribution is 2.29. The molecule has 0 radical (unpaired) electrons. The van der Waals surface area contributed by atoms with Crippen molar-refractivity contribution in [2.24, 2.45) is 0 Å². The van der Waals surface area contributed by atoms with E-state index in [1.807, 2.05) is 0 Å². The standard InChI is InChI=1S/C14H17F3N2O/c15-14(16,17)10-3-5-11(6-4-10)18-9-1-2-13(20)19-12-7-8-12/h3-6,12,18H,1-2,7-9H2,(H,19,20). The predicted molar refractivity (Wildman–Crippen MR) is 70.3 cm³/mol. The summed E-state index contributed by atoms with van der Waals surface area (Å²) in [6.45, 7) is 0.559. The molecule has 1 aromatic carbocycles. The number of alkyl halides is 3. The van der Waals surface area contributed by atoms with Crippen molar-refractivity contribution in [1.82, 2.24) is 5.32 Å². The number of rotatable bonds is 6. The SMILES string of the molecule is O=C(CCCNc1ccc(C(F)(F)F)cc1)NC1CC1. The zero-order valence-electron chi connectivity index (χ0n) is 11.0. The molecule has 0 aromatic heterocycles. The lowest BCUT2D eigenvalue weighted by Crippen LogP contribution is -2.25. The molecule has 20 heavy (non-hydrogen) atoms. The van der Waals surface area contributed by atoms with Crippen LogP contribution in [0.5, 0.6) is 0 Å². The molecule has 110 valence electrons. The van der Waals surface area contributed by atoms with Gasteiger partial charge in [-0.2, -0.15) is 13.2 Å². The van der Waals surface area contributed by atoms with Gasteiger partial charge in [0.15, 0.2) is 0 Å². The minimum atomic E-state index is -4.31. The maximum absolute atomic E-state index is 12.4. The van der Waals surface area contributed by atoms with Crippen LogP contribution in [-0.2, 0) is 11.0 Å². The van der Waals surface area contributed by atoms with E-state index in [0.717, 1.165) is 25.0 Å². The Morgan fingerprint density at radius 3 is 2.40 bits per heavy atom. The van der Waals surface area contributed by atoms with Gasteiger partial charge in [0.25, 0.3) is 0 Å². The molecule has 2 N–H and O–H groups in total. The molecule has 0 aliphatic heterocycles. The van der Waals surface area contributed by atoms with Gasteiger partial charge in [-0.1, -0.05) is 0 Å². The fourth-order valence-electron chi connectivity index (χ4n) is 1.79. The summed E-state index contributed by atoms with van der Waals surface area (Å²) in [5, 5.41) is 5.89. The molecule has 1 aromatic rings. The summed E-state index contributed by atoms with van der Waals surface area (Å²) in [6, 6.07) is 5.25. The number of amides is 1. The number of benzene rings is 1. The molecule has 0 saturated heterocycles. The van der Waals surface area contributed by atoms with Crippen molar-refractivity contribution in [2.75, 3.05) is 11.9 Å². The summed E-state index contributed by atoms with van der Waals surface area (Å²) in [6.07, 6.45) is -1.09. The van der Waals surface area contributed by atoms with E-state index < -0.39 is 11.7 Å².